The number of aryl methyl sites for hydroxylation is 2. The van der Waals surface area contributed by atoms with E-state index in [1.165, 1.54) is 20.5 Å². The number of ether oxygens (including phenoxy) is 3. The molecular formula is C26H33NO5. The molecule has 2 aromatic carbocycles. The minimum absolute atomic E-state index is 0.294. The van der Waals surface area contributed by atoms with Crippen LogP contribution in [0.2, 0.25) is 0 Å². The van der Waals surface area contributed by atoms with Crippen LogP contribution in [0.15, 0.2) is 47.8 Å². The molecule has 2 rings (SSSR count). The number of esters is 1. The molecular weight excluding hydrogens is 406 g/mol. The van der Waals surface area contributed by atoms with Crippen molar-refractivity contribution in [3.63, 3.8) is 0 Å². The Morgan fingerprint density at radius 2 is 1.78 bits per heavy atom. The van der Waals surface area contributed by atoms with Crippen LogP contribution in [0, 0.1) is 13.8 Å². The van der Waals surface area contributed by atoms with Gasteiger partial charge in [0.25, 0.3) is 0 Å². The number of oxime groups is 1. The van der Waals surface area contributed by atoms with Crippen LogP contribution >= 0.6 is 0 Å². The normalized spacial score (nSPS) is 11.8. The molecule has 0 unspecified atom stereocenters. The Bertz CT molecular complexity index is 978. The van der Waals surface area contributed by atoms with Crippen LogP contribution in [0.4, 0.5) is 0 Å². The number of hydrogen-bond donors (Lipinski definition) is 0. The summed E-state index contributed by atoms with van der Waals surface area (Å²) in [7, 11) is 2.84. The highest BCUT2D eigenvalue weighted by Gasteiger charge is 2.17. The summed E-state index contributed by atoms with van der Waals surface area (Å²) in [6.07, 6.45) is 3.09. The van der Waals surface area contributed by atoms with Crippen LogP contribution in [0.1, 0.15) is 54.5 Å². The molecule has 0 radical (unpaired) electrons. The molecule has 0 atom stereocenters. The highest BCUT2D eigenvalue weighted by molar-refractivity contribution is 6.16. The van der Waals surface area contributed by atoms with Crippen molar-refractivity contribution in [1.82, 2.24) is 0 Å². The molecule has 0 aliphatic heterocycles. The summed E-state index contributed by atoms with van der Waals surface area (Å²) in [4.78, 5) is 17.6. The largest absolute Gasteiger partial charge is 0.503 e. The van der Waals surface area contributed by atoms with E-state index in [-0.39, 0.29) is 0 Å². The summed E-state index contributed by atoms with van der Waals surface area (Å²) < 4.78 is 16.2. The van der Waals surface area contributed by atoms with Gasteiger partial charge in [-0.3, -0.25) is 0 Å². The summed E-state index contributed by atoms with van der Waals surface area (Å²) in [6, 6.07) is 11.6. The second-order valence-corrected chi connectivity index (χ2v) is 7.36. The van der Waals surface area contributed by atoms with Crippen molar-refractivity contribution in [3.8, 4) is 5.75 Å². The lowest BCUT2D eigenvalue weighted by molar-refractivity contribution is -0.133. The van der Waals surface area contributed by atoms with Crippen molar-refractivity contribution in [2.75, 3.05) is 20.8 Å². The number of carbonyl (C=O) groups excluding carboxylic acids is 1. The summed E-state index contributed by atoms with van der Waals surface area (Å²) in [6.45, 7) is 9.07. The fourth-order valence-corrected chi connectivity index (χ4v) is 3.29. The average Bonchev–Trinajstić information content (AvgIpc) is 2.80. The van der Waals surface area contributed by atoms with Gasteiger partial charge in [0.1, 0.15) is 24.5 Å². The topological polar surface area (TPSA) is 66.3 Å². The van der Waals surface area contributed by atoms with E-state index >= 15 is 0 Å². The lowest BCUT2D eigenvalue weighted by Crippen LogP contribution is -2.09. The van der Waals surface area contributed by atoms with Gasteiger partial charge in [0.15, 0.2) is 0 Å². The summed E-state index contributed by atoms with van der Waals surface area (Å²) in [5.74, 6) is 0.314. The third kappa shape index (κ3) is 6.36. The molecule has 2 aromatic rings. The predicted octanol–water partition coefficient (Wildman–Crippen LogP) is 5.58. The van der Waals surface area contributed by atoms with Crippen LogP contribution in [-0.4, -0.2) is 32.5 Å². The van der Waals surface area contributed by atoms with Gasteiger partial charge in [-0.05, 0) is 61.1 Å². The van der Waals surface area contributed by atoms with Gasteiger partial charge < -0.3 is 19.0 Å². The molecule has 0 aliphatic rings. The highest BCUT2D eigenvalue weighted by atomic mass is 16.6. The van der Waals surface area contributed by atoms with Gasteiger partial charge in [-0.25, -0.2) is 4.79 Å². The maximum absolute atomic E-state index is 12.2. The Morgan fingerprint density at radius 1 is 1.03 bits per heavy atom. The molecule has 0 fully saturated rings. The number of hydrogen-bond acceptors (Lipinski definition) is 6. The van der Waals surface area contributed by atoms with Gasteiger partial charge in [0, 0.05) is 5.56 Å². The minimum atomic E-state index is -0.465. The van der Waals surface area contributed by atoms with Crippen molar-refractivity contribution in [3.05, 3.63) is 70.5 Å². The van der Waals surface area contributed by atoms with E-state index in [4.69, 9.17) is 19.0 Å². The van der Waals surface area contributed by atoms with E-state index in [0.717, 1.165) is 46.6 Å². The van der Waals surface area contributed by atoms with Crippen LogP contribution in [0.25, 0.3) is 5.57 Å². The molecule has 0 saturated heterocycles. The van der Waals surface area contributed by atoms with E-state index in [0.29, 0.717) is 24.4 Å². The van der Waals surface area contributed by atoms with Crippen molar-refractivity contribution < 1.29 is 23.8 Å². The first-order valence-electron chi connectivity index (χ1n) is 10.8. The third-order valence-corrected chi connectivity index (χ3v) is 4.97. The highest BCUT2D eigenvalue weighted by Crippen LogP contribution is 2.27. The molecule has 0 aromatic heterocycles. The van der Waals surface area contributed by atoms with Crippen LogP contribution < -0.4 is 4.74 Å². The van der Waals surface area contributed by atoms with Crippen LogP contribution in [-0.2, 0) is 25.7 Å². The number of nitrogens with zero attached hydrogens (tertiary/aromatic N) is 1. The first-order chi connectivity index (χ1) is 15.5. The van der Waals surface area contributed by atoms with Gasteiger partial charge in [-0.2, -0.15) is 0 Å². The maximum atomic E-state index is 12.2. The van der Waals surface area contributed by atoms with Crippen molar-refractivity contribution >= 4 is 17.3 Å². The molecule has 6 nitrogen and oxygen atoms in total. The van der Waals surface area contributed by atoms with Crippen molar-refractivity contribution in [1.29, 1.82) is 0 Å². The van der Waals surface area contributed by atoms with Gasteiger partial charge in [-0.15, -0.1) is 0 Å². The lowest BCUT2D eigenvalue weighted by atomic mass is 9.99. The Morgan fingerprint density at radius 3 is 2.44 bits per heavy atom. The number of carbonyl (C=O) groups is 1. The lowest BCUT2D eigenvalue weighted by Gasteiger charge is -2.16. The second kappa shape index (κ2) is 12.5. The predicted molar refractivity (Wildman–Crippen MR) is 127 cm³/mol. The summed E-state index contributed by atoms with van der Waals surface area (Å²) in [5.41, 5.74) is 5.95. The molecule has 172 valence electrons. The Balaban J connectivity index is 2.29. The van der Waals surface area contributed by atoms with E-state index < -0.39 is 5.97 Å². The molecule has 0 bridgehead atoms. The standard InChI is InChI=1S/C26H33NO5/c1-7-13-32-27-24(8-2)22-14-19(4)25(15-18(22)3)31-16-20-11-9-10-12-21(20)23(17-29-5)26(28)30-6/h9-12,14-15,17H,7-8,13,16H2,1-6H3/b23-17-,27-24+. The van der Waals surface area contributed by atoms with E-state index in [9.17, 15) is 4.79 Å². The summed E-state index contributed by atoms with van der Waals surface area (Å²) >= 11 is 0. The van der Waals surface area contributed by atoms with E-state index in [1.807, 2.05) is 44.2 Å². The Labute approximate surface area is 190 Å². The number of rotatable bonds is 11. The van der Waals surface area contributed by atoms with Gasteiger partial charge in [0.2, 0.25) is 0 Å². The number of benzene rings is 2. The Hall–Kier alpha value is -3.28. The fourth-order valence-electron chi connectivity index (χ4n) is 3.29. The molecule has 0 N–H and O–H groups in total. The molecule has 0 saturated carbocycles. The average molecular weight is 440 g/mol. The molecule has 0 aliphatic carbocycles. The van der Waals surface area contributed by atoms with E-state index in [1.54, 1.807) is 0 Å². The monoisotopic (exact) mass is 439 g/mol. The van der Waals surface area contributed by atoms with Crippen molar-refractivity contribution in [2.45, 2.75) is 47.1 Å². The Kier molecular flexibility index (Phi) is 9.79. The smallest absolute Gasteiger partial charge is 0.341 e. The van der Waals surface area contributed by atoms with E-state index in [2.05, 4.69) is 25.1 Å². The molecule has 0 amide bonds. The minimum Gasteiger partial charge on any atom is -0.503 e. The van der Waals surface area contributed by atoms with Gasteiger partial charge in [-0.1, -0.05) is 43.3 Å². The molecule has 32 heavy (non-hydrogen) atoms. The zero-order valence-electron chi connectivity index (χ0n) is 19.9. The zero-order chi connectivity index (χ0) is 23.5. The number of methoxy groups -OCH3 is 2. The SMILES string of the molecule is CCCO/N=C(\CC)c1cc(C)c(OCc2ccccc2/C(=C/OC)C(=O)OC)cc1C. The van der Waals surface area contributed by atoms with Crippen LogP contribution in [0.3, 0.4) is 0 Å². The molecule has 0 spiro atoms. The molecule has 0 heterocycles. The molecule has 6 heteroatoms. The van der Waals surface area contributed by atoms with Crippen LogP contribution in [0.5, 0.6) is 5.75 Å². The van der Waals surface area contributed by atoms with Gasteiger partial charge in [0.05, 0.1) is 26.2 Å². The first kappa shape index (κ1) is 25.0. The van der Waals surface area contributed by atoms with Gasteiger partial charge >= 0.3 is 5.97 Å². The quantitative estimate of drug-likeness (QED) is 0.114. The summed E-state index contributed by atoms with van der Waals surface area (Å²) in [5, 5.41) is 4.31. The second-order valence-electron chi connectivity index (χ2n) is 7.36. The zero-order valence-corrected chi connectivity index (χ0v) is 19.9. The maximum Gasteiger partial charge on any atom is 0.341 e. The third-order valence-electron chi connectivity index (χ3n) is 4.97. The fraction of sp³-hybridized carbons (Fsp3) is 0.385. The van der Waals surface area contributed by atoms with Crippen molar-refractivity contribution in [2.24, 2.45) is 5.16 Å². The first-order valence-corrected chi connectivity index (χ1v) is 10.8.